The summed E-state index contributed by atoms with van der Waals surface area (Å²) in [7, 11) is 0. The molecule has 0 aliphatic carbocycles. The highest BCUT2D eigenvalue weighted by molar-refractivity contribution is 6.30. The number of anilines is 1. The van der Waals surface area contributed by atoms with Crippen molar-refractivity contribution in [2.24, 2.45) is 0 Å². The first kappa shape index (κ1) is 20.0. The highest BCUT2D eigenvalue weighted by Gasteiger charge is 2.15. The summed E-state index contributed by atoms with van der Waals surface area (Å²) < 4.78 is 0. The van der Waals surface area contributed by atoms with E-state index in [9.17, 15) is 9.59 Å². The number of carbonyl (C=O) groups is 2. The van der Waals surface area contributed by atoms with Gasteiger partial charge in [-0.15, -0.1) is 0 Å². The van der Waals surface area contributed by atoms with Crippen molar-refractivity contribution in [3.63, 3.8) is 0 Å². The van der Waals surface area contributed by atoms with E-state index in [0.29, 0.717) is 23.9 Å². The Balaban J connectivity index is 1.99. The fourth-order valence-corrected chi connectivity index (χ4v) is 2.99. The Bertz CT molecular complexity index is 774. The summed E-state index contributed by atoms with van der Waals surface area (Å²) >= 11 is 5.99. The lowest BCUT2D eigenvalue weighted by atomic mass is 10.0. The molecular weight excluding hydrogens is 348 g/mol. The van der Waals surface area contributed by atoms with Crippen molar-refractivity contribution in [3.8, 4) is 0 Å². The molecule has 0 aromatic heterocycles. The van der Waals surface area contributed by atoms with E-state index in [1.165, 1.54) is 6.92 Å². The number of nitrogens with zero attached hydrogens (tertiary/aromatic N) is 1. The lowest BCUT2D eigenvalue weighted by Gasteiger charge is -2.21. The summed E-state index contributed by atoms with van der Waals surface area (Å²) in [5, 5.41) is 3.60. The molecule has 0 aliphatic heterocycles. The Morgan fingerprint density at radius 1 is 1.12 bits per heavy atom. The fourth-order valence-electron chi connectivity index (χ4n) is 2.78. The molecule has 0 fully saturated rings. The van der Waals surface area contributed by atoms with Gasteiger partial charge in [0, 0.05) is 24.2 Å². The Kier molecular flexibility index (Phi) is 7.22. The lowest BCUT2D eigenvalue weighted by Crippen LogP contribution is -2.38. The van der Waals surface area contributed by atoms with Gasteiger partial charge in [0.1, 0.15) is 0 Å². The summed E-state index contributed by atoms with van der Waals surface area (Å²) in [6, 6.07) is 15.3. The van der Waals surface area contributed by atoms with E-state index in [0.717, 1.165) is 16.8 Å². The molecule has 0 saturated carbocycles. The normalized spacial score (nSPS) is 10.7. The molecule has 1 N–H and O–H groups in total. The van der Waals surface area contributed by atoms with Crippen LogP contribution < -0.4 is 5.32 Å². The number of halogens is 1. The van der Waals surface area contributed by atoms with Crippen molar-refractivity contribution in [3.05, 3.63) is 64.7 Å². The van der Waals surface area contributed by atoms with Gasteiger partial charge in [-0.2, -0.15) is 0 Å². The zero-order valence-electron chi connectivity index (χ0n) is 15.5. The molecule has 4 nitrogen and oxygen atoms in total. The van der Waals surface area contributed by atoms with Gasteiger partial charge in [-0.3, -0.25) is 9.59 Å². The molecule has 2 aromatic carbocycles. The van der Waals surface area contributed by atoms with Crippen LogP contribution in [0.1, 0.15) is 37.8 Å². The molecule has 0 saturated heterocycles. The van der Waals surface area contributed by atoms with Gasteiger partial charge in [-0.25, -0.2) is 0 Å². The SMILES string of the molecule is CC(=O)N(CCc1cccc(Cl)c1)CC(=O)Nc1ccccc1C(C)C. The van der Waals surface area contributed by atoms with Crippen LogP contribution >= 0.6 is 11.6 Å². The third-order valence-electron chi connectivity index (χ3n) is 4.20. The minimum absolute atomic E-state index is 0.0301. The first-order chi connectivity index (χ1) is 12.4. The van der Waals surface area contributed by atoms with Gasteiger partial charge in [0.15, 0.2) is 0 Å². The molecule has 0 unspecified atom stereocenters. The van der Waals surface area contributed by atoms with Crippen molar-refractivity contribution in [1.82, 2.24) is 4.90 Å². The van der Waals surface area contributed by atoms with Gasteiger partial charge in [0.2, 0.25) is 11.8 Å². The molecule has 2 aromatic rings. The molecule has 26 heavy (non-hydrogen) atoms. The number of nitrogens with one attached hydrogen (secondary N) is 1. The van der Waals surface area contributed by atoms with Crippen LogP contribution in [0.3, 0.4) is 0 Å². The number of carbonyl (C=O) groups excluding carboxylic acids is 2. The smallest absolute Gasteiger partial charge is 0.244 e. The Morgan fingerprint density at radius 3 is 2.50 bits per heavy atom. The van der Waals surface area contributed by atoms with Crippen molar-refractivity contribution < 1.29 is 9.59 Å². The molecular formula is C21H25ClN2O2. The molecule has 5 heteroatoms. The van der Waals surface area contributed by atoms with E-state index in [2.05, 4.69) is 19.2 Å². The average molecular weight is 373 g/mol. The summed E-state index contributed by atoms with van der Waals surface area (Å²) in [5.74, 6) is -0.0167. The standard InChI is InChI=1S/C21H25ClN2O2/c1-15(2)19-9-4-5-10-20(19)23-21(26)14-24(16(3)25)12-11-17-7-6-8-18(22)13-17/h4-10,13,15H,11-12,14H2,1-3H3,(H,23,26). The van der Waals surface area contributed by atoms with Crippen molar-refractivity contribution in [1.29, 1.82) is 0 Å². The molecule has 0 radical (unpaired) electrons. The highest BCUT2D eigenvalue weighted by atomic mass is 35.5. The van der Waals surface area contributed by atoms with Crippen molar-refractivity contribution in [2.75, 3.05) is 18.4 Å². The second-order valence-electron chi connectivity index (χ2n) is 6.61. The van der Waals surface area contributed by atoms with Crippen LogP contribution in [-0.4, -0.2) is 29.8 Å². The van der Waals surface area contributed by atoms with Gasteiger partial charge in [0.05, 0.1) is 6.54 Å². The Hall–Kier alpha value is -2.33. The first-order valence-corrected chi connectivity index (χ1v) is 9.13. The molecule has 0 aliphatic rings. The predicted molar refractivity (Wildman–Crippen MR) is 107 cm³/mol. The van der Waals surface area contributed by atoms with E-state index >= 15 is 0 Å². The van der Waals surface area contributed by atoms with Crippen molar-refractivity contribution >= 4 is 29.1 Å². The van der Waals surface area contributed by atoms with Crippen LogP contribution in [0, 0.1) is 0 Å². The molecule has 0 heterocycles. The van der Waals surface area contributed by atoms with Crippen LogP contribution in [0.2, 0.25) is 5.02 Å². The van der Waals surface area contributed by atoms with Gasteiger partial charge < -0.3 is 10.2 Å². The number of hydrogen-bond donors (Lipinski definition) is 1. The van der Waals surface area contributed by atoms with Gasteiger partial charge in [-0.05, 0) is 41.7 Å². The summed E-state index contributed by atoms with van der Waals surface area (Å²) in [6.45, 7) is 6.14. The maximum atomic E-state index is 12.4. The van der Waals surface area contributed by atoms with E-state index in [1.807, 2.05) is 48.5 Å². The molecule has 0 atom stereocenters. The summed E-state index contributed by atoms with van der Waals surface area (Å²) in [6.07, 6.45) is 0.649. The molecule has 0 spiro atoms. The zero-order chi connectivity index (χ0) is 19.1. The number of amides is 2. The number of benzene rings is 2. The molecule has 0 bridgehead atoms. The van der Waals surface area contributed by atoms with Crippen LogP contribution in [0.15, 0.2) is 48.5 Å². The van der Waals surface area contributed by atoms with Crippen molar-refractivity contribution in [2.45, 2.75) is 33.1 Å². The quantitative estimate of drug-likeness (QED) is 0.778. The number of rotatable bonds is 7. The van der Waals surface area contributed by atoms with Crippen LogP contribution in [0.25, 0.3) is 0 Å². The van der Waals surface area contributed by atoms with E-state index in [1.54, 1.807) is 4.90 Å². The maximum absolute atomic E-state index is 12.4. The van der Waals surface area contributed by atoms with Gasteiger partial charge >= 0.3 is 0 Å². The topological polar surface area (TPSA) is 49.4 Å². The van der Waals surface area contributed by atoms with Crippen LogP contribution in [0.4, 0.5) is 5.69 Å². The van der Waals surface area contributed by atoms with Gasteiger partial charge in [-0.1, -0.05) is 55.8 Å². The third kappa shape index (κ3) is 5.88. The second kappa shape index (κ2) is 9.39. The minimum Gasteiger partial charge on any atom is -0.333 e. The zero-order valence-corrected chi connectivity index (χ0v) is 16.2. The van der Waals surface area contributed by atoms with E-state index in [4.69, 9.17) is 11.6 Å². The second-order valence-corrected chi connectivity index (χ2v) is 7.05. The maximum Gasteiger partial charge on any atom is 0.244 e. The fraction of sp³-hybridized carbons (Fsp3) is 0.333. The Labute approximate surface area is 160 Å². The predicted octanol–water partition coefficient (Wildman–Crippen LogP) is 4.49. The van der Waals surface area contributed by atoms with E-state index < -0.39 is 0 Å². The lowest BCUT2D eigenvalue weighted by molar-refractivity contribution is -0.132. The monoisotopic (exact) mass is 372 g/mol. The molecule has 2 rings (SSSR count). The van der Waals surface area contributed by atoms with Crippen LogP contribution in [-0.2, 0) is 16.0 Å². The number of para-hydroxylation sites is 1. The highest BCUT2D eigenvalue weighted by Crippen LogP contribution is 2.23. The summed E-state index contributed by atoms with van der Waals surface area (Å²) in [4.78, 5) is 25.9. The summed E-state index contributed by atoms with van der Waals surface area (Å²) in [5.41, 5.74) is 2.91. The average Bonchev–Trinajstić information content (AvgIpc) is 2.58. The van der Waals surface area contributed by atoms with Crippen LogP contribution in [0.5, 0.6) is 0 Å². The molecule has 138 valence electrons. The first-order valence-electron chi connectivity index (χ1n) is 8.75. The van der Waals surface area contributed by atoms with E-state index in [-0.39, 0.29) is 18.4 Å². The van der Waals surface area contributed by atoms with Gasteiger partial charge in [0.25, 0.3) is 0 Å². The Morgan fingerprint density at radius 2 is 1.85 bits per heavy atom. The largest absolute Gasteiger partial charge is 0.333 e. The number of hydrogen-bond acceptors (Lipinski definition) is 2. The molecule has 2 amide bonds. The minimum atomic E-state index is -0.195. The third-order valence-corrected chi connectivity index (χ3v) is 4.43.